The fourth-order valence-corrected chi connectivity index (χ4v) is 3.23. The maximum absolute atomic E-state index is 12.2. The molecule has 0 bridgehead atoms. The van der Waals surface area contributed by atoms with Crippen LogP contribution in [0.1, 0.15) is 5.56 Å². The Bertz CT molecular complexity index is 587. The van der Waals surface area contributed by atoms with Crippen molar-refractivity contribution in [3.05, 3.63) is 46.7 Å². The van der Waals surface area contributed by atoms with Gasteiger partial charge in [-0.05, 0) is 46.7 Å². The van der Waals surface area contributed by atoms with Crippen molar-refractivity contribution < 1.29 is 9.90 Å². The van der Waals surface area contributed by atoms with Gasteiger partial charge in [-0.25, -0.2) is 0 Å². The number of anilines is 1. The van der Waals surface area contributed by atoms with E-state index < -0.39 is 0 Å². The topological polar surface area (TPSA) is 43.8 Å². The number of piperazine rings is 1. The second kappa shape index (κ2) is 6.18. The minimum absolute atomic E-state index is 0.207. The number of aromatic hydroxyl groups is 1. The third-order valence-corrected chi connectivity index (χ3v) is 4.51. The van der Waals surface area contributed by atoms with Crippen molar-refractivity contribution in [2.24, 2.45) is 0 Å². The third-order valence-electron chi connectivity index (χ3n) is 3.78. The van der Waals surface area contributed by atoms with Crippen molar-refractivity contribution in [1.29, 1.82) is 0 Å². The zero-order valence-corrected chi connectivity index (χ0v) is 12.6. The second-order valence-electron chi connectivity index (χ2n) is 5.19. The van der Waals surface area contributed by atoms with Crippen molar-refractivity contribution in [3.8, 4) is 5.75 Å². The number of phenolic OH excluding ortho intramolecular Hbond substituents is 1. The Morgan fingerprint density at radius 3 is 2.43 bits per heavy atom. The number of hydrogen-bond donors (Lipinski definition) is 1. The Balaban J connectivity index is 1.55. The lowest BCUT2D eigenvalue weighted by molar-refractivity contribution is -0.130. The van der Waals surface area contributed by atoms with Gasteiger partial charge in [0.15, 0.2) is 0 Å². The molecule has 0 unspecified atom stereocenters. The molecular formula is C16H18N2O2S. The summed E-state index contributed by atoms with van der Waals surface area (Å²) in [7, 11) is 0. The van der Waals surface area contributed by atoms with Gasteiger partial charge in [-0.15, -0.1) is 0 Å². The van der Waals surface area contributed by atoms with Crippen molar-refractivity contribution in [2.45, 2.75) is 6.42 Å². The first-order valence-corrected chi connectivity index (χ1v) is 7.99. The molecule has 110 valence electrons. The Labute approximate surface area is 128 Å². The first kappa shape index (κ1) is 13.9. The molecule has 2 aromatic rings. The predicted molar refractivity (Wildman–Crippen MR) is 84.9 cm³/mol. The maximum Gasteiger partial charge on any atom is 0.227 e. The van der Waals surface area contributed by atoms with Gasteiger partial charge in [0, 0.05) is 31.9 Å². The Kier molecular flexibility index (Phi) is 4.10. The molecule has 1 amide bonds. The van der Waals surface area contributed by atoms with E-state index in [1.807, 2.05) is 33.9 Å². The molecule has 1 aliphatic heterocycles. The quantitative estimate of drug-likeness (QED) is 0.946. The van der Waals surface area contributed by atoms with Crippen LogP contribution < -0.4 is 4.90 Å². The molecule has 0 radical (unpaired) electrons. The van der Waals surface area contributed by atoms with Gasteiger partial charge in [0.1, 0.15) is 5.75 Å². The fraction of sp³-hybridized carbons (Fsp3) is 0.312. The van der Waals surface area contributed by atoms with Crippen LogP contribution in [0, 0.1) is 0 Å². The fourth-order valence-electron chi connectivity index (χ4n) is 2.56. The van der Waals surface area contributed by atoms with E-state index in [0.29, 0.717) is 6.42 Å². The number of hydrogen-bond acceptors (Lipinski definition) is 4. The molecule has 0 spiro atoms. The lowest BCUT2D eigenvalue weighted by Crippen LogP contribution is -2.49. The van der Waals surface area contributed by atoms with Crippen LogP contribution in [0.15, 0.2) is 41.1 Å². The number of carbonyl (C=O) groups excluding carboxylic acids is 1. The van der Waals surface area contributed by atoms with Crippen LogP contribution in [-0.4, -0.2) is 42.1 Å². The second-order valence-corrected chi connectivity index (χ2v) is 5.97. The lowest BCUT2D eigenvalue weighted by Gasteiger charge is -2.36. The highest BCUT2D eigenvalue weighted by atomic mass is 32.1. The maximum atomic E-state index is 12.2. The van der Waals surface area contributed by atoms with E-state index in [0.717, 1.165) is 37.4 Å². The van der Waals surface area contributed by atoms with Crippen LogP contribution >= 0.6 is 11.3 Å². The largest absolute Gasteiger partial charge is 0.508 e. The van der Waals surface area contributed by atoms with Crippen molar-refractivity contribution in [1.82, 2.24) is 4.90 Å². The minimum Gasteiger partial charge on any atom is -0.508 e. The highest BCUT2D eigenvalue weighted by molar-refractivity contribution is 7.07. The molecule has 4 nitrogen and oxygen atoms in total. The molecule has 5 heteroatoms. The van der Waals surface area contributed by atoms with E-state index in [1.54, 1.807) is 23.5 Å². The molecule has 1 saturated heterocycles. The Morgan fingerprint density at radius 1 is 1.10 bits per heavy atom. The van der Waals surface area contributed by atoms with Gasteiger partial charge in [0.2, 0.25) is 5.91 Å². The van der Waals surface area contributed by atoms with Gasteiger partial charge in [0.25, 0.3) is 0 Å². The summed E-state index contributed by atoms with van der Waals surface area (Å²) in [5, 5.41) is 13.4. The van der Waals surface area contributed by atoms with Gasteiger partial charge in [0.05, 0.1) is 6.42 Å². The SMILES string of the molecule is O=C(Cc1ccsc1)N1CCN(c2ccc(O)cc2)CC1. The molecule has 21 heavy (non-hydrogen) atoms. The molecule has 0 atom stereocenters. The van der Waals surface area contributed by atoms with Gasteiger partial charge >= 0.3 is 0 Å². The number of amides is 1. The Morgan fingerprint density at radius 2 is 1.81 bits per heavy atom. The monoisotopic (exact) mass is 302 g/mol. The molecular weight excluding hydrogens is 284 g/mol. The summed E-state index contributed by atoms with van der Waals surface area (Å²) in [5.74, 6) is 0.488. The van der Waals surface area contributed by atoms with Crippen molar-refractivity contribution in [2.75, 3.05) is 31.1 Å². The number of phenols is 1. The molecule has 0 aliphatic carbocycles. The van der Waals surface area contributed by atoms with Gasteiger partial charge < -0.3 is 14.9 Å². The van der Waals surface area contributed by atoms with Crippen molar-refractivity contribution >= 4 is 22.9 Å². The van der Waals surface area contributed by atoms with Crippen LogP contribution in [0.4, 0.5) is 5.69 Å². The van der Waals surface area contributed by atoms with E-state index in [4.69, 9.17) is 0 Å². The predicted octanol–water partition coefficient (Wildman–Crippen LogP) is 2.35. The Hall–Kier alpha value is -2.01. The van der Waals surface area contributed by atoms with Crippen molar-refractivity contribution in [3.63, 3.8) is 0 Å². The summed E-state index contributed by atoms with van der Waals surface area (Å²) >= 11 is 1.63. The van der Waals surface area contributed by atoms with E-state index in [-0.39, 0.29) is 11.7 Å². The summed E-state index contributed by atoms with van der Waals surface area (Å²) in [6.45, 7) is 3.17. The molecule has 1 aromatic heterocycles. The molecule has 1 fully saturated rings. The van der Waals surface area contributed by atoms with Crippen LogP contribution in [0.25, 0.3) is 0 Å². The average Bonchev–Trinajstić information content (AvgIpc) is 3.01. The number of thiophene rings is 1. The van der Waals surface area contributed by atoms with Crippen LogP contribution in [-0.2, 0) is 11.2 Å². The summed E-state index contributed by atoms with van der Waals surface area (Å²) in [6, 6.07) is 9.23. The zero-order chi connectivity index (χ0) is 14.7. The standard InChI is InChI=1S/C16H18N2O2S/c19-15-3-1-14(2-4-15)17-6-8-18(9-7-17)16(20)11-13-5-10-21-12-13/h1-5,10,12,19H,6-9,11H2. The number of benzene rings is 1. The summed E-state index contributed by atoms with van der Waals surface area (Å²) < 4.78 is 0. The molecule has 2 heterocycles. The number of rotatable bonds is 3. The highest BCUT2D eigenvalue weighted by Gasteiger charge is 2.21. The van der Waals surface area contributed by atoms with Crippen LogP contribution in [0.3, 0.4) is 0 Å². The molecule has 3 rings (SSSR count). The number of carbonyl (C=O) groups is 1. The van der Waals surface area contributed by atoms with Crippen LogP contribution in [0.2, 0.25) is 0 Å². The minimum atomic E-state index is 0.207. The zero-order valence-electron chi connectivity index (χ0n) is 11.7. The molecule has 1 aromatic carbocycles. The molecule has 0 saturated carbocycles. The van der Waals surface area contributed by atoms with Crippen LogP contribution in [0.5, 0.6) is 5.75 Å². The average molecular weight is 302 g/mol. The first-order valence-electron chi connectivity index (χ1n) is 7.05. The lowest BCUT2D eigenvalue weighted by atomic mass is 10.2. The normalized spacial score (nSPS) is 15.2. The number of nitrogens with zero attached hydrogens (tertiary/aromatic N) is 2. The van der Waals surface area contributed by atoms with Gasteiger partial charge in [-0.2, -0.15) is 11.3 Å². The summed E-state index contributed by atoms with van der Waals surface area (Å²) in [5.41, 5.74) is 2.20. The molecule has 1 N–H and O–H groups in total. The highest BCUT2D eigenvalue weighted by Crippen LogP contribution is 2.20. The molecule has 1 aliphatic rings. The van der Waals surface area contributed by atoms with E-state index in [2.05, 4.69) is 4.90 Å². The summed E-state index contributed by atoms with van der Waals surface area (Å²) in [6.07, 6.45) is 0.503. The third kappa shape index (κ3) is 3.36. The van der Waals surface area contributed by atoms with E-state index in [1.165, 1.54) is 0 Å². The smallest absolute Gasteiger partial charge is 0.227 e. The first-order chi connectivity index (χ1) is 10.2. The van der Waals surface area contributed by atoms with Gasteiger partial charge in [-0.3, -0.25) is 4.79 Å². The van der Waals surface area contributed by atoms with Gasteiger partial charge in [-0.1, -0.05) is 0 Å². The summed E-state index contributed by atoms with van der Waals surface area (Å²) in [4.78, 5) is 16.4. The van der Waals surface area contributed by atoms with E-state index in [9.17, 15) is 9.90 Å². The van der Waals surface area contributed by atoms with E-state index >= 15 is 0 Å².